The molecule has 0 aromatic heterocycles. The summed E-state index contributed by atoms with van der Waals surface area (Å²) in [6.45, 7) is 18.0. The van der Waals surface area contributed by atoms with Crippen molar-refractivity contribution in [1.29, 1.82) is 0 Å². The molecule has 0 heterocycles. The summed E-state index contributed by atoms with van der Waals surface area (Å²) in [5.74, 6) is 5.44. The molecular formula is C58H105NO4. The van der Waals surface area contributed by atoms with Crippen molar-refractivity contribution in [3.05, 3.63) is 36.0 Å². The zero-order chi connectivity index (χ0) is 45.2. The normalized spacial score (nSPS) is 28.7. The number of ether oxygens (including phenoxy) is 3. The van der Waals surface area contributed by atoms with Crippen LogP contribution in [0.3, 0.4) is 0 Å². The molecular weight excluding hydrogens is 775 g/mol. The van der Waals surface area contributed by atoms with Gasteiger partial charge in [-0.3, -0.25) is 0 Å². The largest absolute Gasteiger partial charge is 0.394 e. The molecule has 4 aliphatic carbocycles. The van der Waals surface area contributed by atoms with Gasteiger partial charge in [0.25, 0.3) is 0 Å². The molecule has 6 unspecified atom stereocenters. The third kappa shape index (κ3) is 18.6. The average molecular weight is 880 g/mol. The first-order valence-electron chi connectivity index (χ1n) is 27.7. The van der Waals surface area contributed by atoms with Crippen LogP contribution in [-0.4, -0.2) is 56.4 Å². The van der Waals surface area contributed by atoms with Gasteiger partial charge in [0.2, 0.25) is 0 Å². The molecule has 0 bridgehead atoms. The van der Waals surface area contributed by atoms with Crippen molar-refractivity contribution in [2.45, 2.75) is 246 Å². The maximum atomic E-state index is 9.93. The molecule has 4 rings (SSSR count). The SMILES string of the molecule is CCCCCC=CCC=CCCCCCCCCOCC(N)(CO)COCCCCCCCCCO[C@H]1CC[C@@]2(C)C(=CCC3C4CCC(C(C)CCCC(C)C)[C@@]4(C)CCC32)C1. The van der Waals surface area contributed by atoms with Crippen LogP contribution in [0.4, 0.5) is 0 Å². The van der Waals surface area contributed by atoms with Crippen LogP contribution < -0.4 is 5.73 Å². The molecule has 63 heavy (non-hydrogen) atoms. The molecule has 0 amide bonds. The Bertz CT molecular complexity index is 1280. The number of fused-ring (bicyclic) bond motifs is 5. The molecule has 0 spiro atoms. The predicted molar refractivity (Wildman–Crippen MR) is 270 cm³/mol. The number of hydrogen-bond donors (Lipinski definition) is 2. The summed E-state index contributed by atoms with van der Waals surface area (Å²) in [6.07, 6.45) is 51.2. The van der Waals surface area contributed by atoms with Gasteiger partial charge in [-0.05, 0) is 149 Å². The number of hydrogen-bond acceptors (Lipinski definition) is 5. The van der Waals surface area contributed by atoms with Crippen LogP contribution in [0.1, 0.15) is 234 Å². The molecule has 3 N–H and O–H groups in total. The van der Waals surface area contributed by atoms with Crippen LogP contribution in [0.25, 0.3) is 0 Å². The highest BCUT2D eigenvalue weighted by Crippen LogP contribution is 2.67. The highest BCUT2D eigenvalue weighted by atomic mass is 16.5. The summed E-state index contributed by atoms with van der Waals surface area (Å²) in [5.41, 5.74) is 8.37. The Morgan fingerprint density at radius 2 is 1.30 bits per heavy atom. The third-order valence-electron chi connectivity index (χ3n) is 17.1. The second kappa shape index (κ2) is 30.4. The van der Waals surface area contributed by atoms with Crippen molar-refractivity contribution in [2.24, 2.45) is 52.1 Å². The zero-order valence-electron chi connectivity index (χ0n) is 42.6. The van der Waals surface area contributed by atoms with E-state index in [-0.39, 0.29) is 6.61 Å². The summed E-state index contributed by atoms with van der Waals surface area (Å²) >= 11 is 0. The van der Waals surface area contributed by atoms with Crippen LogP contribution in [0.2, 0.25) is 0 Å². The van der Waals surface area contributed by atoms with Crippen LogP contribution >= 0.6 is 0 Å². The van der Waals surface area contributed by atoms with Crippen molar-refractivity contribution in [2.75, 3.05) is 39.6 Å². The monoisotopic (exact) mass is 880 g/mol. The Balaban J connectivity index is 0.946. The van der Waals surface area contributed by atoms with Gasteiger partial charge in [0.05, 0.1) is 31.5 Å². The van der Waals surface area contributed by atoms with Gasteiger partial charge in [0, 0.05) is 19.8 Å². The molecule has 3 fully saturated rings. The fraction of sp³-hybridized carbons (Fsp3) is 0.897. The smallest absolute Gasteiger partial charge is 0.0862 e. The Hall–Kier alpha value is -0.980. The van der Waals surface area contributed by atoms with E-state index in [9.17, 15) is 5.11 Å². The van der Waals surface area contributed by atoms with Gasteiger partial charge in [0.1, 0.15) is 0 Å². The minimum Gasteiger partial charge on any atom is -0.394 e. The topological polar surface area (TPSA) is 73.9 Å². The average Bonchev–Trinajstić information content (AvgIpc) is 3.63. The Kier molecular flexibility index (Phi) is 26.4. The van der Waals surface area contributed by atoms with Crippen molar-refractivity contribution < 1.29 is 19.3 Å². The molecule has 3 saturated carbocycles. The molecule has 9 atom stereocenters. The second-order valence-corrected chi connectivity index (χ2v) is 22.7. The minimum atomic E-state index is -0.809. The number of rotatable bonds is 36. The van der Waals surface area contributed by atoms with Crippen LogP contribution in [0.15, 0.2) is 36.0 Å². The standard InChI is InChI=1S/C58H105NO4/c1-7-8-9-10-11-12-13-14-15-16-17-18-19-21-24-27-41-61-46-58(59,45-60)47-62-42-28-25-22-20-23-26-29-43-63-51-37-39-56(5)50(44-51)33-34-52-54-36-35-53(49(4)32-30-31-48(2)3)57(54,6)40-38-55(52)56/h11-12,14-15,33,48-49,51-55,60H,7-10,13,16-32,34-47,59H2,1-6H3/t49?,51-,52?,53?,54?,55?,56-,57+,58?/m0/s1. The zero-order valence-corrected chi connectivity index (χ0v) is 42.6. The molecule has 0 saturated heterocycles. The summed E-state index contributed by atoms with van der Waals surface area (Å²) in [5, 5.41) is 9.93. The molecule has 4 aliphatic rings. The van der Waals surface area contributed by atoms with E-state index >= 15 is 0 Å². The predicted octanol–water partition coefficient (Wildman–Crippen LogP) is 15.7. The molecule has 0 radical (unpaired) electrons. The van der Waals surface area contributed by atoms with Crippen molar-refractivity contribution >= 4 is 0 Å². The molecule has 5 nitrogen and oxygen atoms in total. The molecule has 5 heteroatoms. The van der Waals surface area contributed by atoms with Crippen LogP contribution in [-0.2, 0) is 14.2 Å². The molecule has 366 valence electrons. The summed E-state index contributed by atoms with van der Waals surface area (Å²) in [4.78, 5) is 0. The first-order chi connectivity index (χ1) is 30.6. The Morgan fingerprint density at radius 3 is 1.92 bits per heavy atom. The van der Waals surface area contributed by atoms with E-state index in [0.29, 0.717) is 43.4 Å². The van der Waals surface area contributed by atoms with Gasteiger partial charge >= 0.3 is 0 Å². The number of nitrogens with two attached hydrogens (primary N) is 1. The van der Waals surface area contributed by atoms with Crippen LogP contribution in [0.5, 0.6) is 0 Å². The van der Waals surface area contributed by atoms with E-state index in [1.54, 1.807) is 5.57 Å². The summed E-state index contributed by atoms with van der Waals surface area (Å²) in [7, 11) is 0. The lowest BCUT2D eigenvalue weighted by Gasteiger charge is -2.58. The Labute approximate surface area is 391 Å². The van der Waals surface area contributed by atoms with E-state index in [4.69, 9.17) is 19.9 Å². The van der Waals surface area contributed by atoms with Gasteiger partial charge in [-0.25, -0.2) is 0 Å². The maximum Gasteiger partial charge on any atom is 0.0862 e. The maximum absolute atomic E-state index is 9.93. The van der Waals surface area contributed by atoms with Gasteiger partial charge in [-0.1, -0.05) is 167 Å². The quantitative estimate of drug-likeness (QED) is 0.0484. The van der Waals surface area contributed by atoms with E-state index in [0.717, 1.165) is 61.4 Å². The first-order valence-corrected chi connectivity index (χ1v) is 27.7. The lowest BCUT2D eigenvalue weighted by Crippen LogP contribution is -2.52. The van der Waals surface area contributed by atoms with Gasteiger partial charge in [0.15, 0.2) is 0 Å². The Morgan fingerprint density at radius 1 is 0.698 bits per heavy atom. The summed E-state index contributed by atoms with van der Waals surface area (Å²) < 4.78 is 18.4. The van der Waals surface area contributed by atoms with E-state index in [2.05, 4.69) is 71.9 Å². The van der Waals surface area contributed by atoms with Crippen LogP contribution in [0, 0.1) is 46.3 Å². The lowest BCUT2D eigenvalue weighted by molar-refractivity contribution is -0.0641. The van der Waals surface area contributed by atoms with E-state index in [1.807, 2.05) is 0 Å². The highest BCUT2D eigenvalue weighted by Gasteiger charge is 2.59. The van der Waals surface area contributed by atoms with Gasteiger partial charge in [-0.15, -0.1) is 0 Å². The summed E-state index contributed by atoms with van der Waals surface area (Å²) in [6, 6.07) is 0. The molecule has 0 aliphatic heterocycles. The van der Waals surface area contributed by atoms with E-state index < -0.39 is 5.54 Å². The third-order valence-corrected chi connectivity index (χ3v) is 17.1. The first kappa shape index (κ1) is 54.6. The van der Waals surface area contributed by atoms with Crippen molar-refractivity contribution in [1.82, 2.24) is 0 Å². The number of allylic oxidation sites excluding steroid dienone is 5. The number of unbranched alkanes of at least 4 members (excludes halogenated alkanes) is 15. The van der Waals surface area contributed by atoms with E-state index in [1.165, 1.54) is 173 Å². The highest BCUT2D eigenvalue weighted by molar-refractivity contribution is 5.25. The van der Waals surface area contributed by atoms with Gasteiger partial charge < -0.3 is 25.1 Å². The fourth-order valence-electron chi connectivity index (χ4n) is 13.1. The minimum absolute atomic E-state index is 0.113. The van der Waals surface area contributed by atoms with Crippen molar-refractivity contribution in [3.63, 3.8) is 0 Å². The lowest BCUT2D eigenvalue weighted by atomic mass is 9.47. The number of aliphatic hydroxyl groups is 1. The number of aliphatic hydroxyl groups excluding tert-OH is 1. The van der Waals surface area contributed by atoms with Gasteiger partial charge in [-0.2, -0.15) is 0 Å². The van der Waals surface area contributed by atoms with Crippen molar-refractivity contribution in [3.8, 4) is 0 Å². The second-order valence-electron chi connectivity index (χ2n) is 22.7. The fourth-order valence-corrected chi connectivity index (χ4v) is 13.1. The molecule has 0 aromatic rings. The molecule has 0 aromatic carbocycles.